The van der Waals surface area contributed by atoms with Gasteiger partial charge in [0.15, 0.2) is 0 Å². The number of fused-ring (bicyclic) bond motifs is 1. The molecular formula is C19H26N2O. The molecule has 0 aromatic heterocycles. The van der Waals surface area contributed by atoms with Gasteiger partial charge in [0.1, 0.15) is 5.75 Å². The van der Waals surface area contributed by atoms with Crippen molar-refractivity contribution in [3.8, 4) is 5.75 Å². The first-order valence-electron chi connectivity index (χ1n) is 8.32. The van der Waals surface area contributed by atoms with Crippen LogP contribution in [0.1, 0.15) is 31.9 Å². The molecule has 3 nitrogen and oxygen atoms in total. The number of hydrogen-bond acceptors (Lipinski definition) is 3. The smallest absolute Gasteiger partial charge is 0.121 e. The SMILES string of the molecule is CC(C)C[C@H](c1c(O)ccc2ccccc12)N1CCNCC1. The lowest BCUT2D eigenvalue weighted by molar-refractivity contribution is 0.153. The molecule has 2 aromatic carbocycles. The third-order valence-electron chi connectivity index (χ3n) is 4.57. The lowest BCUT2D eigenvalue weighted by atomic mass is 9.90. The standard InChI is InChI=1S/C19H26N2O/c1-14(2)13-17(21-11-9-20-10-12-21)19-16-6-4-3-5-15(16)7-8-18(19)22/h3-8,14,17,20,22H,9-13H2,1-2H3/t17-/m1/s1. The van der Waals surface area contributed by atoms with Crippen molar-refractivity contribution in [2.75, 3.05) is 26.2 Å². The van der Waals surface area contributed by atoms with E-state index in [-0.39, 0.29) is 6.04 Å². The topological polar surface area (TPSA) is 35.5 Å². The van der Waals surface area contributed by atoms with Gasteiger partial charge < -0.3 is 10.4 Å². The maximum absolute atomic E-state index is 10.6. The molecule has 3 rings (SSSR count). The van der Waals surface area contributed by atoms with E-state index in [0.29, 0.717) is 11.7 Å². The van der Waals surface area contributed by atoms with Crippen LogP contribution in [0.25, 0.3) is 10.8 Å². The fourth-order valence-corrected chi connectivity index (χ4v) is 3.52. The van der Waals surface area contributed by atoms with Crippen LogP contribution in [0.4, 0.5) is 0 Å². The fourth-order valence-electron chi connectivity index (χ4n) is 3.52. The van der Waals surface area contributed by atoms with E-state index in [2.05, 4.69) is 48.3 Å². The average molecular weight is 298 g/mol. The third kappa shape index (κ3) is 3.11. The van der Waals surface area contributed by atoms with Gasteiger partial charge >= 0.3 is 0 Å². The minimum atomic E-state index is 0.285. The third-order valence-corrected chi connectivity index (χ3v) is 4.57. The van der Waals surface area contributed by atoms with Gasteiger partial charge in [0, 0.05) is 37.8 Å². The number of hydrogen-bond donors (Lipinski definition) is 2. The van der Waals surface area contributed by atoms with Crippen LogP contribution in [0.3, 0.4) is 0 Å². The summed E-state index contributed by atoms with van der Waals surface area (Å²) >= 11 is 0. The normalized spacial score (nSPS) is 18.0. The molecule has 1 aliphatic heterocycles. The molecule has 2 aromatic rings. The Kier molecular flexibility index (Phi) is 4.65. The summed E-state index contributed by atoms with van der Waals surface area (Å²) in [5.41, 5.74) is 1.11. The maximum Gasteiger partial charge on any atom is 0.121 e. The minimum absolute atomic E-state index is 0.285. The summed E-state index contributed by atoms with van der Waals surface area (Å²) in [6.45, 7) is 8.66. The van der Waals surface area contributed by atoms with Crippen molar-refractivity contribution in [3.05, 3.63) is 42.0 Å². The summed E-state index contributed by atoms with van der Waals surface area (Å²) in [7, 11) is 0. The van der Waals surface area contributed by atoms with Gasteiger partial charge in [-0.2, -0.15) is 0 Å². The van der Waals surface area contributed by atoms with E-state index >= 15 is 0 Å². The van der Waals surface area contributed by atoms with Crippen molar-refractivity contribution in [1.29, 1.82) is 0 Å². The van der Waals surface area contributed by atoms with Crippen molar-refractivity contribution < 1.29 is 5.11 Å². The lowest BCUT2D eigenvalue weighted by Crippen LogP contribution is -2.45. The van der Waals surface area contributed by atoms with E-state index in [1.807, 2.05) is 12.1 Å². The number of aromatic hydroxyl groups is 1. The van der Waals surface area contributed by atoms with Gasteiger partial charge in [-0.05, 0) is 29.2 Å². The van der Waals surface area contributed by atoms with Crippen LogP contribution in [0.15, 0.2) is 36.4 Å². The quantitative estimate of drug-likeness (QED) is 0.906. The van der Waals surface area contributed by atoms with Crippen LogP contribution in [0.5, 0.6) is 5.75 Å². The molecule has 0 aliphatic carbocycles. The van der Waals surface area contributed by atoms with E-state index in [4.69, 9.17) is 0 Å². The zero-order chi connectivity index (χ0) is 15.5. The van der Waals surface area contributed by atoms with Crippen molar-refractivity contribution in [2.24, 2.45) is 5.92 Å². The molecule has 0 bridgehead atoms. The summed E-state index contributed by atoms with van der Waals surface area (Å²) in [6.07, 6.45) is 1.07. The second-order valence-electron chi connectivity index (χ2n) is 6.65. The van der Waals surface area contributed by atoms with Gasteiger partial charge in [-0.3, -0.25) is 4.90 Å². The molecule has 0 radical (unpaired) electrons. The van der Waals surface area contributed by atoms with Crippen molar-refractivity contribution in [3.63, 3.8) is 0 Å². The molecule has 2 N–H and O–H groups in total. The van der Waals surface area contributed by atoms with E-state index in [9.17, 15) is 5.11 Å². The number of rotatable bonds is 4. The van der Waals surface area contributed by atoms with Crippen LogP contribution in [-0.2, 0) is 0 Å². The average Bonchev–Trinajstić information content (AvgIpc) is 2.54. The summed E-state index contributed by atoms with van der Waals surface area (Å²) < 4.78 is 0. The second-order valence-corrected chi connectivity index (χ2v) is 6.65. The molecule has 22 heavy (non-hydrogen) atoms. The number of phenols is 1. The molecule has 1 fully saturated rings. The highest BCUT2D eigenvalue weighted by Crippen LogP contribution is 2.38. The van der Waals surface area contributed by atoms with E-state index in [1.165, 1.54) is 10.8 Å². The van der Waals surface area contributed by atoms with Gasteiger partial charge in [-0.15, -0.1) is 0 Å². The molecule has 1 atom stereocenters. The van der Waals surface area contributed by atoms with Crippen LogP contribution < -0.4 is 5.32 Å². The summed E-state index contributed by atoms with van der Waals surface area (Å²) in [6, 6.07) is 12.5. The predicted octanol–water partition coefficient (Wildman–Crippen LogP) is 3.54. The highest BCUT2D eigenvalue weighted by molar-refractivity contribution is 5.88. The molecule has 1 aliphatic rings. The maximum atomic E-state index is 10.6. The fraction of sp³-hybridized carbons (Fsp3) is 0.474. The Labute approximate surface area is 132 Å². The number of benzene rings is 2. The first kappa shape index (κ1) is 15.3. The summed E-state index contributed by atoms with van der Waals surface area (Å²) in [5, 5.41) is 16.4. The Bertz CT molecular complexity index is 632. The van der Waals surface area contributed by atoms with Crippen molar-refractivity contribution in [1.82, 2.24) is 10.2 Å². The predicted molar refractivity (Wildman–Crippen MR) is 92.3 cm³/mol. The molecule has 0 unspecified atom stereocenters. The highest BCUT2D eigenvalue weighted by atomic mass is 16.3. The Morgan fingerprint density at radius 2 is 1.82 bits per heavy atom. The largest absolute Gasteiger partial charge is 0.508 e. The Morgan fingerprint density at radius 3 is 2.55 bits per heavy atom. The van der Waals surface area contributed by atoms with Gasteiger partial charge in [-0.1, -0.05) is 44.2 Å². The highest BCUT2D eigenvalue weighted by Gasteiger charge is 2.26. The Hall–Kier alpha value is -1.58. The number of nitrogens with zero attached hydrogens (tertiary/aromatic N) is 1. The molecule has 0 spiro atoms. The zero-order valence-electron chi connectivity index (χ0n) is 13.5. The minimum Gasteiger partial charge on any atom is -0.508 e. The number of piperazine rings is 1. The van der Waals surface area contributed by atoms with Gasteiger partial charge in [0.25, 0.3) is 0 Å². The van der Waals surface area contributed by atoms with E-state index < -0.39 is 0 Å². The van der Waals surface area contributed by atoms with Crippen LogP contribution in [0.2, 0.25) is 0 Å². The molecule has 1 heterocycles. The molecular weight excluding hydrogens is 272 g/mol. The van der Waals surface area contributed by atoms with Gasteiger partial charge in [-0.25, -0.2) is 0 Å². The zero-order valence-corrected chi connectivity index (χ0v) is 13.5. The van der Waals surface area contributed by atoms with Crippen molar-refractivity contribution in [2.45, 2.75) is 26.3 Å². The number of nitrogens with one attached hydrogen (secondary N) is 1. The van der Waals surface area contributed by atoms with E-state index in [1.54, 1.807) is 0 Å². The Morgan fingerprint density at radius 1 is 1.09 bits per heavy atom. The monoisotopic (exact) mass is 298 g/mol. The molecule has 118 valence electrons. The van der Waals surface area contributed by atoms with Gasteiger partial charge in [0.05, 0.1) is 0 Å². The first-order chi connectivity index (χ1) is 10.7. The Balaban J connectivity index is 2.08. The molecule has 0 saturated carbocycles. The van der Waals surface area contributed by atoms with E-state index in [0.717, 1.165) is 38.2 Å². The van der Waals surface area contributed by atoms with Gasteiger partial charge in [0.2, 0.25) is 0 Å². The summed E-state index contributed by atoms with van der Waals surface area (Å²) in [5.74, 6) is 1.03. The molecule has 3 heteroatoms. The van der Waals surface area contributed by atoms with Crippen molar-refractivity contribution >= 4 is 10.8 Å². The van der Waals surface area contributed by atoms with Crippen LogP contribution in [0, 0.1) is 5.92 Å². The van der Waals surface area contributed by atoms with Crippen LogP contribution >= 0.6 is 0 Å². The molecule has 1 saturated heterocycles. The number of phenolic OH excluding ortho intramolecular Hbond substituents is 1. The van der Waals surface area contributed by atoms with Crippen LogP contribution in [-0.4, -0.2) is 36.2 Å². The first-order valence-corrected chi connectivity index (χ1v) is 8.32. The molecule has 0 amide bonds. The summed E-state index contributed by atoms with van der Waals surface area (Å²) in [4.78, 5) is 2.53. The lowest BCUT2D eigenvalue weighted by Gasteiger charge is -2.37. The second kappa shape index (κ2) is 6.67.